The van der Waals surface area contributed by atoms with Gasteiger partial charge in [-0.2, -0.15) is 5.10 Å². The van der Waals surface area contributed by atoms with E-state index in [0.29, 0.717) is 11.6 Å². The van der Waals surface area contributed by atoms with E-state index in [9.17, 15) is 0 Å². The molecule has 0 saturated heterocycles. The zero-order chi connectivity index (χ0) is 10.5. The van der Waals surface area contributed by atoms with Crippen LogP contribution < -0.4 is 4.74 Å². The van der Waals surface area contributed by atoms with Crippen LogP contribution in [0.4, 0.5) is 11.5 Å². The first-order valence-corrected chi connectivity index (χ1v) is 4.44. The quantitative estimate of drug-likeness (QED) is 0.778. The fraction of sp³-hybridized carbons (Fsp3) is 0.100. The van der Waals surface area contributed by atoms with E-state index in [1.54, 1.807) is 13.3 Å². The number of nitrogens with zero attached hydrogens (tertiary/aromatic N) is 3. The molecule has 2 aromatic rings. The van der Waals surface area contributed by atoms with Gasteiger partial charge in [-0.1, -0.05) is 18.2 Å². The largest absolute Gasteiger partial charge is 0.491 e. The molecule has 1 heterocycles. The molecule has 2 rings (SSSR count). The van der Waals surface area contributed by atoms with Gasteiger partial charge in [0.2, 0.25) is 5.82 Å². The molecule has 0 radical (unpaired) electrons. The summed E-state index contributed by atoms with van der Waals surface area (Å²) in [5.74, 6) is 1.09. The molecule has 0 aliphatic carbocycles. The van der Waals surface area contributed by atoms with Gasteiger partial charge in [-0.05, 0) is 12.1 Å². The number of nitrogens with one attached hydrogen (secondary N) is 1. The number of hydrogen-bond acceptors (Lipinski definition) is 4. The van der Waals surface area contributed by atoms with Crippen LogP contribution in [-0.4, -0.2) is 17.3 Å². The van der Waals surface area contributed by atoms with Gasteiger partial charge in [-0.15, -0.1) is 10.2 Å². The number of aromatic amines is 1. The second kappa shape index (κ2) is 4.36. The van der Waals surface area contributed by atoms with E-state index in [1.165, 1.54) is 0 Å². The van der Waals surface area contributed by atoms with Crippen molar-refractivity contribution in [3.05, 3.63) is 36.5 Å². The number of ether oxygens (including phenoxy) is 1. The maximum atomic E-state index is 5.03. The van der Waals surface area contributed by atoms with Crippen LogP contribution in [0, 0.1) is 0 Å². The summed E-state index contributed by atoms with van der Waals surface area (Å²) in [4.78, 5) is 0. The minimum atomic E-state index is 0.515. The van der Waals surface area contributed by atoms with Crippen molar-refractivity contribution in [1.29, 1.82) is 0 Å². The molecule has 0 bridgehead atoms. The molecule has 0 aliphatic rings. The van der Waals surface area contributed by atoms with Gasteiger partial charge < -0.3 is 4.74 Å². The van der Waals surface area contributed by atoms with Crippen LogP contribution in [0.15, 0.2) is 46.8 Å². The van der Waals surface area contributed by atoms with Crippen LogP contribution in [-0.2, 0) is 0 Å². The number of benzene rings is 1. The van der Waals surface area contributed by atoms with Crippen molar-refractivity contribution < 1.29 is 4.74 Å². The molecule has 5 nitrogen and oxygen atoms in total. The molecule has 5 heteroatoms. The van der Waals surface area contributed by atoms with E-state index in [4.69, 9.17) is 4.74 Å². The fourth-order valence-corrected chi connectivity index (χ4v) is 1.09. The highest BCUT2D eigenvalue weighted by molar-refractivity contribution is 5.43. The van der Waals surface area contributed by atoms with Crippen LogP contribution in [0.1, 0.15) is 0 Å². The summed E-state index contributed by atoms with van der Waals surface area (Å²) in [6.07, 6.45) is 1.55. The third kappa shape index (κ3) is 2.19. The Kier molecular flexibility index (Phi) is 2.73. The summed E-state index contributed by atoms with van der Waals surface area (Å²) in [5.41, 5.74) is 0.786. The van der Waals surface area contributed by atoms with Crippen molar-refractivity contribution in [3.8, 4) is 5.75 Å². The molecule has 1 aromatic carbocycles. The van der Waals surface area contributed by atoms with Gasteiger partial charge in [-0.25, -0.2) is 0 Å². The van der Waals surface area contributed by atoms with Gasteiger partial charge in [0.15, 0.2) is 5.75 Å². The maximum absolute atomic E-state index is 5.03. The average Bonchev–Trinajstić information content (AvgIpc) is 2.75. The molecule has 0 aliphatic heterocycles. The third-order valence-corrected chi connectivity index (χ3v) is 1.83. The van der Waals surface area contributed by atoms with Crippen molar-refractivity contribution in [2.24, 2.45) is 10.2 Å². The zero-order valence-corrected chi connectivity index (χ0v) is 8.21. The molecule has 1 aromatic heterocycles. The molecule has 0 fully saturated rings. The lowest BCUT2D eigenvalue weighted by Crippen LogP contribution is -1.78. The van der Waals surface area contributed by atoms with Crippen LogP contribution in [0.25, 0.3) is 0 Å². The first-order chi connectivity index (χ1) is 7.40. The van der Waals surface area contributed by atoms with E-state index in [2.05, 4.69) is 20.4 Å². The maximum Gasteiger partial charge on any atom is 0.212 e. The number of H-pyrrole nitrogens is 1. The lowest BCUT2D eigenvalue weighted by molar-refractivity contribution is 0.416. The zero-order valence-electron chi connectivity index (χ0n) is 8.21. The van der Waals surface area contributed by atoms with E-state index in [-0.39, 0.29) is 0 Å². The predicted molar refractivity (Wildman–Crippen MR) is 55.8 cm³/mol. The lowest BCUT2D eigenvalue weighted by Gasteiger charge is -1.93. The van der Waals surface area contributed by atoms with Crippen LogP contribution in [0.3, 0.4) is 0 Å². The fourth-order valence-electron chi connectivity index (χ4n) is 1.09. The predicted octanol–water partition coefficient (Wildman–Crippen LogP) is 2.83. The van der Waals surface area contributed by atoms with Gasteiger partial charge in [0, 0.05) is 0 Å². The summed E-state index contributed by atoms with van der Waals surface area (Å²) in [5, 5.41) is 14.5. The Morgan fingerprint density at radius 3 is 2.73 bits per heavy atom. The summed E-state index contributed by atoms with van der Waals surface area (Å²) >= 11 is 0. The SMILES string of the molecule is COc1cn[nH]c1N=Nc1ccccc1. The number of methoxy groups -OCH3 is 1. The molecule has 0 saturated carbocycles. The molecule has 0 atom stereocenters. The van der Waals surface area contributed by atoms with Crippen LogP contribution >= 0.6 is 0 Å². The summed E-state index contributed by atoms with van der Waals surface area (Å²) in [6, 6.07) is 9.46. The number of azo groups is 1. The van der Waals surface area contributed by atoms with Crippen molar-refractivity contribution in [2.75, 3.05) is 7.11 Å². The Morgan fingerprint density at radius 1 is 1.20 bits per heavy atom. The first-order valence-electron chi connectivity index (χ1n) is 4.44. The van der Waals surface area contributed by atoms with E-state index < -0.39 is 0 Å². The van der Waals surface area contributed by atoms with Crippen molar-refractivity contribution in [2.45, 2.75) is 0 Å². The smallest absolute Gasteiger partial charge is 0.212 e. The number of hydrogen-bond donors (Lipinski definition) is 1. The Morgan fingerprint density at radius 2 is 2.00 bits per heavy atom. The minimum absolute atomic E-state index is 0.515. The Bertz CT molecular complexity index is 449. The van der Waals surface area contributed by atoms with E-state index in [0.717, 1.165) is 5.69 Å². The lowest BCUT2D eigenvalue weighted by atomic mass is 10.3. The Labute approximate surface area is 86.8 Å². The van der Waals surface area contributed by atoms with Gasteiger partial charge in [-0.3, -0.25) is 5.10 Å². The number of aromatic nitrogens is 2. The minimum Gasteiger partial charge on any atom is -0.491 e. The van der Waals surface area contributed by atoms with Gasteiger partial charge in [0.1, 0.15) is 0 Å². The normalized spacial score (nSPS) is 10.7. The second-order valence-electron chi connectivity index (χ2n) is 2.82. The third-order valence-electron chi connectivity index (χ3n) is 1.83. The standard InChI is InChI=1S/C10H10N4O/c1-15-9-7-11-13-10(9)14-12-8-5-3-2-4-6-8/h2-7H,1H3,(H,11,13). The monoisotopic (exact) mass is 202 g/mol. The van der Waals surface area contributed by atoms with Gasteiger partial charge in [0.05, 0.1) is 19.0 Å². The Hall–Kier alpha value is -2.17. The average molecular weight is 202 g/mol. The number of rotatable bonds is 3. The topological polar surface area (TPSA) is 62.6 Å². The molecule has 1 N–H and O–H groups in total. The molecular weight excluding hydrogens is 192 g/mol. The molecule has 76 valence electrons. The van der Waals surface area contributed by atoms with Gasteiger partial charge >= 0.3 is 0 Å². The van der Waals surface area contributed by atoms with Crippen molar-refractivity contribution >= 4 is 11.5 Å². The summed E-state index contributed by atoms with van der Waals surface area (Å²) in [7, 11) is 1.56. The van der Waals surface area contributed by atoms with Crippen molar-refractivity contribution in [1.82, 2.24) is 10.2 Å². The molecule has 15 heavy (non-hydrogen) atoms. The van der Waals surface area contributed by atoms with Crippen LogP contribution in [0.5, 0.6) is 5.75 Å². The Balaban J connectivity index is 2.19. The van der Waals surface area contributed by atoms with Crippen LogP contribution in [0.2, 0.25) is 0 Å². The molecule has 0 amide bonds. The molecule has 0 unspecified atom stereocenters. The second-order valence-corrected chi connectivity index (χ2v) is 2.82. The molecule has 0 spiro atoms. The highest BCUT2D eigenvalue weighted by Gasteiger charge is 2.02. The first kappa shape index (κ1) is 9.39. The summed E-state index contributed by atoms with van der Waals surface area (Å²) < 4.78 is 5.03. The van der Waals surface area contributed by atoms with E-state index >= 15 is 0 Å². The summed E-state index contributed by atoms with van der Waals surface area (Å²) in [6.45, 7) is 0. The van der Waals surface area contributed by atoms with E-state index in [1.807, 2.05) is 30.3 Å². The molecular formula is C10H10N4O. The highest BCUT2D eigenvalue weighted by atomic mass is 16.5. The van der Waals surface area contributed by atoms with Crippen molar-refractivity contribution in [3.63, 3.8) is 0 Å². The van der Waals surface area contributed by atoms with Gasteiger partial charge in [0.25, 0.3) is 0 Å². The highest BCUT2D eigenvalue weighted by Crippen LogP contribution is 2.25.